The number of nitrogens with one attached hydrogen (secondary N) is 2. The number of rotatable bonds is 5. The minimum absolute atomic E-state index is 0.00972. The summed E-state index contributed by atoms with van der Waals surface area (Å²) in [6.45, 7) is 2.62. The number of halogens is 3. The average molecular weight is 401 g/mol. The number of anilines is 1. The van der Waals surface area contributed by atoms with Gasteiger partial charge in [0.1, 0.15) is 6.54 Å². The number of nitrogens with zero attached hydrogens (tertiary/aromatic N) is 2. The van der Waals surface area contributed by atoms with Crippen molar-refractivity contribution in [1.82, 2.24) is 10.2 Å². The molecular weight excluding hydrogens is 379 g/mol. The van der Waals surface area contributed by atoms with Crippen LogP contribution in [-0.4, -0.2) is 55.1 Å². The molecule has 0 spiro atoms. The third-order valence-corrected chi connectivity index (χ3v) is 4.08. The second kappa shape index (κ2) is 9.81. The summed E-state index contributed by atoms with van der Waals surface area (Å²) in [6, 6.07) is 1.59. The average Bonchev–Trinajstić information content (AvgIpc) is 2.67. The number of carbonyl (C=O) groups is 2. The Morgan fingerprint density at radius 3 is 2.57 bits per heavy atom. The Kier molecular flexibility index (Phi) is 7.47. The maximum atomic E-state index is 13.5. The first-order valence-electron chi connectivity index (χ1n) is 8.73. The Balaban J connectivity index is 1.79. The molecule has 0 saturated carbocycles. The Morgan fingerprint density at radius 1 is 1.25 bits per heavy atom. The summed E-state index contributed by atoms with van der Waals surface area (Å²) in [4.78, 5) is 28.9. The number of aliphatic imine (C=N–C) groups is 1. The number of hydrogen-bond acceptors (Lipinski definition) is 4. The van der Waals surface area contributed by atoms with Gasteiger partial charge in [0, 0.05) is 19.1 Å². The predicted molar refractivity (Wildman–Crippen MR) is 96.2 cm³/mol. The first-order chi connectivity index (χ1) is 13.3. The van der Waals surface area contributed by atoms with Crippen LogP contribution in [0.1, 0.15) is 19.8 Å². The maximum Gasteiger partial charge on any atom is 0.409 e. The lowest BCUT2D eigenvalue weighted by Crippen LogP contribution is -2.48. The van der Waals surface area contributed by atoms with Crippen LogP contribution in [0.2, 0.25) is 0 Å². The molecule has 28 heavy (non-hydrogen) atoms. The van der Waals surface area contributed by atoms with E-state index in [1.807, 2.05) is 0 Å². The molecule has 0 atom stereocenters. The lowest BCUT2D eigenvalue weighted by Gasteiger charge is -2.31. The first-order valence-corrected chi connectivity index (χ1v) is 8.73. The number of carbonyl (C=O) groups excluding carboxylic acids is 2. The van der Waals surface area contributed by atoms with Crippen molar-refractivity contribution < 1.29 is 27.5 Å². The number of ether oxygens (including phenoxy) is 1. The van der Waals surface area contributed by atoms with Crippen molar-refractivity contribution in [1.29, 1.82) is 0 Å². The lowest BCUT2D eigenvalue weighted by atomic mass is 10.1. The van der Waals surface area contributed by atoms with E-state index in [1.54, 1.807) is 11.8 Å². The van der Waals surface area contributed by atoms with E-state index >= 15 is 0 Å². The normalized spacial score (nSPS) is 15.3. The van der Waals surface area contributed by atoms with E-state index in [9.17, 15) is 22.8 Å². The molecule has 1 aliphatic rings. The Hall–Kier alpha value is -2.98. The van der Waals surface area contributed by atoms with Crippen LogP contribution < -0.4 is 16.4 Å². The van der Waals surface area contributed by atoms with E-state index in [-0.39, 0.29) is 18.1 Å². The molecule has 154 valence electrons. The number of nitrogens with two attached hydrogens (primary N) is 1. The van der Waals surface area contributed by atoms with E-state index in [4.69, 9.17) is 10.5 Å². The van der Waals surface area contributed by atoms with Crippen molar-refractivity contribution >= 4 is 23.6 Å². The predicted octanol–water partition coefficient (Wildman–Crippen LogP) is 1.57. The second-order valence-corrected chi connectivity index (χ2v) is 6.08. The molecule has 1 fully saturated rings. The van der Waals surface area contributed by atoms with Gasteiger partial charge in [0.15, 0.2) is 23.4 Å². The number of benzene rings is 1. The van der Waals surface area contributed by atoms with Crippen molar-refractivity contribution in [3.63, 3.8) is 0 Å². The third-order valence-electron chi connectivity index (χ3n) is 4.08. The monoisotopic (exact) mass is 401 g/mol. The molecule has 2 rings (SSSR count). The van der Waals surface area contributed by atoms with Crippen molar-refractivity contribution in [3.05, 3.63) is 29.6 Å². The molecule has 11 heteroatoms. The van der Waals surface area contributed by atoms with Gasteiger partial charge in [0.05, 0.1) is 12.3 Å². The van der Waals surface area contributed by atoms with Gasteiger partial charge in [-0.05, 0) is 31.9 Å². The molecule has 0 bridgehead atoms. The van der Waals surface area contributed by atoms with E-state index in [0.717, 1.165) is 6.07 Å². The highest BCUT2D eigenvalue weighted by Crippen LogP contribution is 2.19. The highest BCUT2D eigenvalue weighted by molar-refractivity contribution is 5.94. The zero-order valence-electron chi connectivity index (χ0n) is 15.3. The third kappa shape index (κ3) is 5.76. The van der Waals surface area contributed by atoms with E-state index in [0.29, 0.717) is 38.6 Å². The zero-order chi connectivity index (χ0) is 20.7. The Morgan fingerprint density at radius 2 is 1.93 bits per heavy atom. The number of likely N-dealkylation sites (tertiary alicyclic amines) is 1. The summed E-state index contributed by atoms with van der Waals surface area (Å²) >= 11 is 0. The molecule has 1 heterocycles. The quantitative estimate of drug-likeness (QED) is 0.394. The fraction of sp³-hybridized carbons (Fsp3) is 0.471. The molecule has 0 aromatic heterocycles. The molecule has 2 amide bonds. The number of guanidine groups is 1. The highest BCUT2D eigenvalue weighted by atomic mass is 19.2. The van der Waals surface area contributed by atoms with Crippen molar-refractivity contribution in [2.45, 2.75) is 25.8 Å². The molecule has 1 aromatic carbocycles. The van der Waals surface area contributed by atoms with Gasteiger partial charge in [0.25, 0.3) is 0 Å². The summed E-state index contributed by atoms with van der Waals surface area (Å²) in [6.07, 6.45) is 0.895. The van der Waals surface area contributed by atoms with Gasteiger partial charge in [-0.25, -0.2) is 23.0 Å². The van der Waals surface area contributed by atoms with Gasteiger partial charge in [-0.15, -0.1) is 0 Å². The molecule has 0 radical (unpaired) electrons. The molecule has 0 unspecified atom stereocenters. The Labute approximate surface area is 159 Å². The number of hydrogen-bond donors (Lipinski definition) is 3. The molecular formula is C17H22F3N5O3. The topological polar surface area (TPSA) is 109 Å². The molecule has 1 aliphatic heterocycles. The van der Waals surface area contributed by atoms with Crippen molar-refractivity contribution in [3.8, 4) is 0 Å². The first kappa shape index (κ1) is 21.3. The van der Waals surface area contributed by atoms with Gasteiger partial charge in [-0.3, -0.25) is 4.79 Å². The van der Waals surface area contributed by atoms with Crippen LogP contribution >= 0.6 is 0 Å². The van der Waals surface area contributed by atoms with Crippen LogP contribution in [0.4, 0.5) is 23.7 Å². The zero-order valence-corrected chi connectivity index (χ0v) is 15.3. The van der Waals surface area contributed by atoms with Crippen LogP contribution in [0.3, 0.4) is 0 Å². The minimum atomic E-state index is -1.67. The summed E-state index contributed by atoms with van der Waals surface area (Å²) in [5.41, 5.74) is 5.24. The van der Waals surface area contributed by atoms with Crippen molar-refractivity contribution in [2.24, 2.45) is 10.7 Å². The second-order valence-electron chi connectivity index (χ2n) is 6.08. The van der Waals surface area contributed by atoms with Gasteiger partial charge in [0.2, 0.25) is 5.91 Å². The number of amides is 2. The van der Waals surface area contributed by atoms with Crippen LogP contribution in [-0.2, 0) is 9.53 Å². The Bertz CT molecular complexity index is 752. The number of piperidine rings is 1. The largest absolute Gasteiger partial charge is 0.450 e. The van der Waals surface area contributed by atoms with Gasteiger partial charge >= 0.3 is 6.09 Å². The maximum absolute atomic E-state index is 13.5. The smallest absolute Gasteiger partial charge is 0.409 e. The van der Waals surface area contributed by atoms with Crippen LogP contribution in [0.5, 0.6) is 0 Å². The SMILES string of the molecule is CCOC(=O)N1CCC(NC(N)=NCC(=O)Nc2ccc(F)c(F)c2F)CC1. The fourth-order valence-corrected chi connectivity index (χ4v) is 2.65. The van der Waals surface area contributed by atoms with E-state index in [2.05, 4.69) is 15.6 Å². The van der Waals surface area contributed by atoms with Crippen LogP contribution in [0.25, 0.3) is 0 Å². The minimum Gasteiger partial charge on any atom is -0.450 e. The summed E-state index contributed by atoms with van der Waals surface area (Å²) < 4.78 is 44.5. The molecule has 8 nitrogen and oxygen atoms in total. The van der Waals surface area contributed by atoms with E-state index < -0.39 is 35.6 Å². The lowest BCUT2D eigenvalue weighted by molar-refractivity contribution is -0.114. The molecule has 1 aromatic rings. The van der Waals surface area contributed by atoms with Crippen LogP contribution in [0, 0.1) is 17.5 Å². The molecule has 4 N–H and O–H groups in total. The standard InChI is InChI=1S/C17H22F3N5O3/c1-2-28-17(27)25-7-5-10(6-8-25)23-16(21)22-9-13(26)24-12-4-3-11(18)14(19)15(12)20/h3-4,10H,2,5-9H2,1H3,(H,24,26)(H3,21,22,23). The van der Waals surface area contributed by atoms with Crippen molar-refractivity contribution in [2.75, 3.05) is 31.6 Å². The highest BCUT2D eigenvalue weighted by Gasteiger charge is 2.23. The summed E-state index contributed by atoms with van der Waals surface area (Å²) in [5, 5.41) is 5.04. The fourth-order valence-electron chi connectivity index (χ4n) is 2.65. The van der Waals surface area contributed by atoms with Gasteiger partial charge in [-0.1, -0.05) is 0 Å². The summed E-state index contributed by atoms with van der Waals surface area (Å²) in [7, 11) is 0. The van der Waals surface area contributed by atoms with Crippen LogP contribution in [0.15, 0.2) is 17.1 Å². The molecule has 0 aliphatic carbocycles. The molecule has 1 saturated heterocycles. The summed E-state index contributed by atoms with van der Waals surface area (Å²) in [5.74, 6) is -5.24. The van der Waals surface area contributed by atoms with Gasteiger partial charge < -0.3 is 26.0 Å². The van der Waals surface area contributed by atoms with Gasteiger partial charge in [-0.2, -0.15) is 0 Å². The van der Waals surface area contributed by atoms with E-state index in [1.165, 1.54) is 0 Å².